The number of nitrogens with one attached hydrogen (secondary N) is 1. The maximum atomic E-state index is 12.5. The van der Waals surface area contributed by atoms with Crippen LogP contribution in [0, 0.1) is 13.8 Å². The van der Waals surface area contributed by atoms with Crippen LogP contribution in [0.4, 0.5) is 0 Å². The number of aromatic nitrogens is 1. The van der Waals surface area contributed by atoms with Gasteiger partial charge in [0, 0.05) is 34.3 Å². The van der Waals surface area contributed by atoms with Crippen LogP contribution in [0.25, 0.3) is 5.69 Å². The molecule has 8 nitrogen and oxygen atoms in total. The van der Waals surface area contributed by atoms with Crippen molar-refractivity contribution in [1.82, 2.24) is 9.99 Å². The number of ether oxygens (including phenoxy) is 3. The highest BCUT2D eigenvalue weighted by Gasteiger charge is 2.12. The number of aryl methyl sites for hydroxylation is 1. The van der Waals surface area contributed by atoms with Gasteiger partial charge in [-0.05, 0) is 56.7 Å². The van der Waals surface area contributed by atoms with E-state index in [9.17, 15) is 9.59 Å². The number of benzene rings is 2. The smallest absolute Gasteiger partial charge is 0.310 e. The van der Waals surface area contributed by atoms with Crippen LogP contribution in [-0.2, 0) is 16.0 Å². The fourth-order valence-electron chi connectivity index (χ4n) is 3.62. The van der Waals surface area contributed by atoms with Gasteiger partial charge < -0.3 is 18.8 Å². The van der Waals surface area contributed by atoms with E-state index in [-0.39, 0.29) is 18.3 Å². The minimum absolute atomic E-state index is 0.239. The van der Waals surface area contributed by atoms with Crippen molar-refractivity contribution in [1.29, 1.82) is 0 Å². The van der Waals surface area contributed by atoms with Crippen molar-refractivity contribution in [2.75, 3.05) is 20.8 Å². The molecule has 0 saturated heterocycles. The molecule has 0 aliphatic rings. The molecule has 0 atom stereocenters. The zero-order chi connectivity index (χ0) is 24.7. The van der Waals surface area contributed by atoms with Crippen LogP contribution < -0.4 is 14.9 Å². The molecule has 0 aliphatic heterocycles. The van der Waals surface area contributed by atoms with E-state index < -0.39 is 0 Å². The average molecular weight is 464 g/mol. The highest BCUT2D eigenvalue weighted by atomic mass is 16.5. The molecule has 0 radical (unpaired) electrons. The summed E-state index contributed by atoms with van der Waals surface area (Å²) in [4.78, 5) is 24.2. The molecular formula is C26H29N3O5. The van der Waals surface area contributed by atoms with E-state index in [1.54, 1.807) is 31.3 Å². The summed E-state index contributed by atoms with van der Waals surface area (Å²) < 4.78 is 17.5. The van der Waals surface area contributed by atoms with Crippen molar-refractivity contribution in [2.45, 2.75) is 27.2 Å². The van der Waals surface area contributed by atoms with Crippen LogP contribution >= 0.6 is 0 Å². The van der Waals surface area contributed by atoms with E-state index in [0.29, 0.717) is 23.7 Å². The Morgan fingerprint density at radius 1 is 1.00 bits per heavy atom. The predicted molar refractivity (Wildman–Crippen MR) is 130 cm³/mol. The number of rotatable bonds is 9. The van der Waals surface area contributed by atoms with Gasteiger partial charge in [-0.2, -0.15) is 5.10 Å². The molecule has 0 spiro atoms. The molecule has 1 aromatic heterocycles. The van der Waals surface area contributed by atoms with Gasteiger partial charge in [0.05, 0.1) is 33.5 Å². The van der Waals surface area contributed by atoms with Gasteiger partial charge in [-0.1, -0.05) is 12.1 Å². The molecule has 3 rings (SSSR count). The van der Waals surface area contributed by atoms with Crippen molar-refractivity contribution >= 4 is 18.1 Å². The molecule has 0 bridgehead atoms. The van der Waals surface area contributed by atoms with Gasteiger partial charge in [-0.25, -0.2) is 5.43 Å². The normalized spacial score (nSPS) is 10.9. The zero-order valence-electron chi connectivity index (χ0n) is 20.0. The molecule has 1 amide bonds. The van der Waals surface area contributed by atoms with Crippen molar-refractivity contribution in [3.8, 4) is 17.2 Å². The molecule has 3 aromatic rings. The number of nitrogens with zero attached hydrogens (tertiary/aromatic N) is 2. The predicted octanol–water partition coefficient (Wildman–Crippen LogP) is 3.98. The molecule has 0 saturated carbocycles. The Kier molecular flexibility index (Phi) is 8.08. The topological polar surface area (TPSA) is 91.2 Å². The molecule has 8 heteroatoms. The Morgan fingerprint density at radius 3 is 2.24 bits per heavy atom. The van der Waals surface area contributed by atoms with Crippen LogP contribution in [0.2, 0.25) is 0 Å². The molecule has 0 fully saturated rings. The lowest BCUT2D eigenvalue weighted by atomic mass is 10.1. The number of carbonyl (C=O) groups is 2. The first-order valence-electron chi connectivity index (χ1n) is 10.9. The number of hydrazone groups is 1. The zero-order valence-corrected chi connectivity index (χ0v) is 20.0. The molecule has 178 valence electrons. The first kappa shape index (κ1) is 24.6. The van der Waals surface area contributed by atoms with Gasteiger partial charge in [-0.3, -0.25) is 9.59 Å². The summed E-state index contributed by atoms with van der Waals surface area (Å²) in [5, 5.41) is 4.13. The van der Waals surface area contributed by atoms with Crippen molar-refractivity contribution in [3.05, 3.63) is 76.6 Å². The van der Waals surface area contributed by atoms with E-state index in [1.807, 2.05) is 44.2 Å². The monoisotopic (exact) mass is 463 g/mol. The van der Waals surface area contributed by atoms with Gasteiger partial charge in [-0.15, -0.1) is 0 Å². The Balaban J connectivity index is 1.73. The van der Waals surface area contributed by atoms with Gasteiger partial charge >= 0.3 is 5.97 Å². The third kappa shape index (κ3) is 5.83. The van der Waals surface area contributed by atoms with E-state index in [4.69, 9.17) is 14.2 Å². The standard InChI is InChI=1S/C26H29N3O5/c1-6-34-25(30)12-19-7-9-22(10-8-19)29-17(2)11-21(18(29)3)16-27-28-26(31)20-13-23(32-4)15-24(14-20)33-5/h7-11,13-16H,6,12H2,1-5H3,(H,28,31)/b27-16-. The number of hydrogen-bond acceptors (Lipinski definition) is 6. The number of esters is 1. The van der Waals surface area contributed by atoms with Crippen LogP contribution in [-0.4, -0.2) is 43.5 Å². The molecule has 1 heterocycles. The van der Waals surface area contributed by atoms with E-state index >= 15 is 0 Å². The molecule has 34 heavy (non-hydrogen) atoms. The Bertz CT molecular complexity index is 1170. The minimum Gasteiger partial charge on any atom is -0.497 e. The summed E-state index contributed by atoms with van der Waals surface area (Å²) in [5.74, 6) is 0.423. The summed E-state index contributed by atoms with van der Waals surface area (Å²) in [7, 11) is 3.05. The first-order chi connectivity index (χ1) is 16.4. The van der Waals surface area contributed by atoms with E-state index in [1.165, 1.54) is 14.2 Å². The van der Waals surface area contributed by atoms with Crippen LogP contribution in [0.3, 0.4) is 0 Å². The Morgan fingerprint density at radius 2 is 1.65 bits per heavy atom. The lowest BCUT2D eigenvalue weighted by molar-refractivity contribution is -0.142. The highest BCUT2D eigenvalue weighted by Crippen LogP contribution is 2.23. The number of methoxy groups -OCH3 is 2. The van der Waals surface area contributed by atoms with Crippen molar-refractivity contribution in [2.24, 2.45) is 5.10 Å². The lowest BCUT2D eigenvalue weighted by Gasteiger charge is -2.10. The fourth-order valence-corrected chi connectivity index (χ4v) is 3.62. The summed E-state index contributed by atoms with van der Waals surface area (Å²) in [5.41, 5.74) is 7.64. The summed E-state index contributed by atoms with van der Waals surface area (Å²) >= 11 is 0. The number of amides is 1. The fraction of sp³-hybridized carbons (Fsp3) is 0.269. The van der Waals surface area contributed by atoms with E-state index in [0.717, 1.165) is 28.2 Å². The number of hydrogen-bond donors (Lipinski definition) is 1. The molecule has 0 unspecified atom stereocenters. The minimum atomic E-state index is -0.376. The molecule has 1 N–H and O–H groups in total. The summed E-state index contributed by atoms with van der Waals surface area (Å²) in [6.45, 7) is 6.14. The van der Waals surface area contributed by atoms with Crippen molar-refractivity contribution < 1.29 is 23.8 Å². The molecule has 2 aromatic carbocycles. The quantitative estimate of drug-likeness (QED) is 0.294. The maximum Gasteiger partial charge on any atom is 0.310 e. The summed E-state index contributed by atoms with van der Waals surface area (Å²) in [6, 6.07) is 14.7. The third-order valence-corrected chi connectivity index (χ3v) is 5.30. The number of carbonyl (C=O) groups excluding carboxylic acids is 2. The lowest BCUT2D eigenvalue weighted by Crippen LogP contribution is -2.17. The highest BCUT2D eigenvalue weighted by molar-refractivity contribution is 5.95. The first-order valence-corrected chi connectivity index (χ1v) is 10.9. The maximum absolute atomic E-state index is 12.5. The third-order valence-electron chi connectivity index (χ3n) is 5.30. The Labute approximate surface area is 199 Å². The molecular weight excluding hydrogens is 434 g/mol. The van der Waals surface area contributed by atoms with Crippen LogP contribution in [0.15, 0.2) is 53.6 Å². The SMILES string of the molecule is CCOC(=O)Cc1ccc(-n2c(C)cc(/C=N\NC(=O)c3cc(OC)cc(OC)c3)c2C)cc1. The van der Waals surface area contributed by atoms with Gasteiger partial charge in [0.25, 0.3) is 5.91 Å². The summed E-state index contributed by atoms with van der Waals surface area (Å²) in [6.07, 6.45) is 1.86. The van der Waals surface area contributed by atoms with Gasteiger partial charge in [0.15, 0.2) is 0 Å². The van der Waals surface area contributed by atoms with Crippen LogP contribution in [0.5, 0.6) is 11.5 Å². The second-order valence-electron chi connectivity index (χ2n) is 7.61. The van der Waals surface area contributed by atoms with Gasteiger partial charge in [0.2, 0.25) is 0 Å². The van der Waals surface area contributed by atoms with Crippen molar-refractivity contribution in [3.63, 3.8) is 0 Å². The average Bonchev–Trinajstić information content (AvgIpc) is 3.12. The second-order valence-corrected chi connectivity index (χ2v) is 7.61. The molecule has 0 aliphatic carbocycles. The van der Waals surface area contributed by atoms with Gasteiger partial charge in [0.1, 0.15) is 11.5 Å². The second kappa shape index (κ2) is 11.2. The van der Waals surface area contributed by atoms with Crippen LogP contribution in [0.1, 0.15) is 39.8 Å². The van der Waals surface area contributed by atoms with E-state index in [2.05, 4.69) is 15.1 Å². The Hall–Kier alpha value is -4.07. The largest absolute Gasteiger partial charge is 0.497 e.